The Kier molecular flexibility index (Phi) is 7.49. The quantitative estimate of drug-likeness (QED) is 0.493. The van der Waals surface area contributed by atoms with Crippen LogP contribution in [0.1, 0.15) is 65.4 Å². The zero-order chi connectivity index (χ0) is 18.3. The molecule has 140 valence electrons. The van der Waals surface area contributed by atoms with Gasteiger partial charge in [0.25, 0.3) is 0 Å². The first-order valence-corrected chi connectivity index (χ1v) is 9.88. The predicted molar refractivity (Wildman–Crippen MR) is 104 cm³/mol. The van der Waals surface area contributed by atoms with Crippen molar-refractivity contribution < 1.29 is 9.53 Å². The number of carbonyl (C=O) groups is 1. The van der Waals surface area contributed by atoms with Gasteiger partial charge in [0.1, 0.15) is 6.61 Å². The van der Waals surface area contributed by atoms with E-state index >= 15 is 0 Å². The lowest BCUT2D eigenvalue weighted by Crippen LogP contribution is -2.54. The summed E-state index contributed by atoms with van der Waals surface area (Å²) >= 11 is 0. The van der Waals surface area contributed by atoms with Crippen molar-refractivity contribution in [2.45, 2.75) is 71.3 Å². The van der Waals surface area contributed by atoms with Crippen LogP contribution in [0.5, 0.6) is 0 Å². The Morgan fingerprint density at radius 1 is 1.12 bits per heavy atom. The van der Waals surface area contributed by atoms with E-state index in [1.54, 1.807) is 0 Å². The Labute approximate surface area is 153 Å². The monoisotopic (exact) mass is 345 g/mol. The average Bonchev–Trinajstić information content (AvgIpc) is 2.50. The molecule has 3 nitrogen and oxygen atoms in total. The largest absolute Gasteiger partial charge is 0.464 e. The van der Waals surface area contributed by atoms with Crippen LogP contribution in [0.15, 0.2) is 30.3 Å². The lowest BCUT2D eigenvalue weighted by Gasteiger charge is -2.49. The van der Waals surface area contributed by atoms with Crippen LogP contribution in [0, 0.1) is 11.8 Å². The number of rotatable bonds is 10. The molecule has 1 N–H and O–H groups in total. The highest BCUT2D eigenvalue weighted by molar-refractivity contribution is 5.69. The van der Waals surface area contributed by atoms with E-state index in [-0.39, 0.29) is 11.4 Å². The number of esters is 1. The number of nitrogens with one attached hydrogen (secondary N) is 1. The summed E-state index contributed by atoms with van der Waals surface area (Å²) in [5.74, 6) is 0.909. The third-order valence-electron chi connectivity index (χ3n) is 5.30. The van der Waals surface area contributed by atoms with Gasteiger partial charge < -0.3 is 10.1 Å². The maximum Gasteiger partial charge on any atom is 0.306 e. The first-order chi connectivity index (χ1) is 11.9. The van der Waals surface area contributed by atoms with Crippen molar-refractivity contribution in [1.29, 1.82) is 0 Å². The van der Waals surface area contributed by atoms with Crippen molar-refractivity contribution in [1.82, 2.24) is 5.32 Å². The van der Waals surface area contributed by atoms with Gasteiger partial charge in [-0.2, -0.15) is 0 Å². The Bertz CT molecular complexity index is 520. The molecule has 25 heavy (non-hydrogen) atoms. The Morgan fingerprint density at radius 2 is 1.80 bits per heavy atom. The van der Waals surface area contributed by atoms with Gasteiger partial charge in [0, 0.05) is 24.4 Å². The fourth-order valence-electron chi connectivity index (χ4n) is 3.93. The SMILES string of the molecule is CC(C)CC(=O)OCCNC(CC(C)C)C1(c2ccccc2)CCC1. The fraction of sp³-hybridized carbons (Fsp3) is 0.682. The third-order valence-corrected chi connectivity index (χ3v) is 5.30. The molecule has 0 radical (unpaired) electrons. The van der Waals surface area contributed by atoms with Gasteiger partial charge in [0.15, 0.2) is 0 Å². The van der Waals surface area contributed by atoms with E-state index in [0.717, 1.165) is 13.0 Å². The van der Waals surface area contributed by atoms with Crippen molar-refractivity contribution in [3.8, 4) is 0 Å². The van der Waals surface area contributed by atoms with Crippen LogP contribution in [0.3, 0.4) is 0 Å². The summed E-state index contributed by atoms with van der Waals surface area (Å²) in [6, 6.07) is 11.4. The van der Waals surface area contributed by atoms with E-state index in [9.17, 15) is 4.79 Å². The molecule has 1 aromatic rings. The first-order valence-electron chi connectivity index (χ1n) is 9.88. The number of hydrogen-bond acceptors (Lipinski definition) is 3. The lowest BCUT2D eigenvalue weighted by atomic mass is 9.59. The molecule has 3 heteroatoms. The van der Waals surface area contributed by atoms with Gasteiger partial charge in [-0.05, 0) is 36.7 Å². The molecule has 0 amide bonds. The highest BCUT2D eigenvalue weighted by Gasteiger charge is 2.45. The van der Waals surface area contributed by atoms with Crippen molar-refractivity contribution in [2.24, 2.45) is 11.8 Å². The smallest absolute Gasteiger partial charge is 0.306 e. The highest BCUT2D eigenvalue weighted by atomic mass is 16.5. The average molecular weight is 346 g/mol. The van der Waals surface area contributed by atoms with Gasteiger partial charge >= 0.3 is 5.97 Å². The second-order valence-corrected chi connectivity index (χ2v) is 8.33. The zero-order valence-electron chi connectivity index (χ0n) is 16.4. The maximum absolute atomic E-state index is 11.7. The van der Waals surface area contributed by atoms with Gasteiger partial charge in [-0.25, -0.2) is 0 Å². The van der Waals surface area contributed by atoms with Crippen molar-refractivity contribution >= 4 is 5.97 Å². The van der Waals surface area contributed by atoms with Gasteiger partial charge in [0.2, 0.25) is 0 Å². The summed E-state index contributed by atoms with van der Waals surface area (Å²) in [7, 11) is 0. The Morgan fingerprint density at radius 3 is 2.32 bits per heavy atom. The molecule has 1 atom stereocenters. The molecule has 1 unspecified atom stereocenters. The predicted octanol–water partition coefficient (Wildman–Crippen LogP) is 4.70. The fourth-order valence-corrected chi connectivity index (χ4v) is 3.93. The minimum Gasteiger partial charge on any atom is -0.464 e. The summed E-state index contributed by atoms with van der Waals surface area (Å²) in [6.07, 6.45) is 5.44. The van der Waals surface area contributed by atoms with Crippen LogP contribution in [-0.2, 0) is 14.9 Å². The second kappa shape index (κ2) is 9.38. The molecule has 0 saturated heterocycles. The molecule has 1 saturated carbocycles. The molecule has 1 aliphatic carbocycles. The van der Waals surface area contributed by atoms with E-state index < -0.39 is 0 Å². The molecule has 0 bridgehead atoms. The summed E-state index contributed by atoms with van der Waals surface area (Å²) in [4.78, 5) is 11.7. The van der Waals surface area contributed by atoms with Crippen LogP contribution >= 0.6 is 0 Å². The van der Waals surface area contributed by atoms with Crippen LogP contribution in [0.25, 0.3) is 0 Å². The van der Waals surface area contributed by atoms with Crippen LogP contribution < -0.4 is 5.32 Å². The van der Waals surface area contributed by atoms with Gasteiger partial charge in [-0.1, -0.05) is 64.4 Å². The van der Waals surface area contributed by atoms with Gasteiger partial charge in [-0.3, -0.25) is 4.79 Å². The summed E-state index contributed by atoms with van der Waals surface area (Å²) in [5.41, 5.74) is 1.70. The Balaban J connectivity index is 1.95. The van der Waals surface area contributed by atoms with Crippen LogP contribution in [-0.4, -0.2) is 25.2 Å². The Hall–Kier alpha value is -1.35. The van der Waals surface area contributed by atoms with E-state index in [2.05, 4.69) is 49.5 Å². The van der Waals surface area contributed by atoms with Crippen molar-refractivity contribution in [3.05, 3.63) is 35.9 Å². The number of benzene rings is 1. The molecule has 0 heterocycles. The highest BCUT2D eigenvalue weighted by Crippen LogP contribution is 2.47. The normalized spacial score (nSPS) is 17.4. The number of ether oxygens (including phenoxy) is 1. The number of carbonyl (C=O) groups excluding carboxylic acids is 1. The topological polar surface area (TPSA) is 38.3 Å². The molecule has 1 fully saturated rings. The minimum absolute atomic E-state index is 0.0846. The minimum atomic E-state index is -0.0846. The first kappa shape index (κ1) is 20.0. The lowest BCUT2D eigenvalue weighted by molar-refractivity contribution is -0.144. The second-order valence-electron chi connectivity index (χ2n) is 8.33. The molecular formula is C22H35NO2. The molecule has 0 spiro atoms. The summed E-state index contributed by atoms with van der Waals surface area (Å²) in [5, 5.41) is 3.72. The molecular weight excluding hydrogens is 310 g/mol. The number of hydrogen-bond donors (Lipinski definition) is 1. The summed E-state index contributed by atoms with van der Waals surface area (Å²) in [6.45, 7) is 9.85. The summed E-state index contributed by atoms with van der Waals surface area (Å²) < 4.78 is 5.38. The van der Waals surface area contributed by atoms with Crippen molar-refractivity contribution in [2.75, 3.05) is 13.2 Å². The third kappa shape index (κ3) is 5.57. The molecule has 0 aromatic heterocycles. The van der Waals surface area contributed by atoms with Crippen LogP contribution in [0.4, 0.5) is 0 Å². The maximum atomic E-state index is 11.7. The molecule has 1 aromatic carbocycles. The zero-order valence-corrected chi connectivity index (χ0v) is 16.4. The van der Waals surface area contributed by atoms with Gasteiger partial charge in [-0.15, -0.1) is 0 Å². The van der Waals surface area contributed by atoms with Crippen molar-refractivity contribution in [3.63, 3.8) is 0 Å². The van der Waals surface area contributed by atoms with E-state index in [4.69, 9.17) is 4.74 Å². The van der Waals surface area contributed by atoms with Crippen LogP contribution in [0.2, 0.25) is 0 Å². The van der Waals surface area contributed by atoms with E-state index in [0.29, 0.717) is 30.9 Å². The standard InChI is InChI=1S/C22H35NO2/c1-17(2)15-20(23-13-14-25-21(24)16-18(3)4)22(11-8-12-22)19-9-6-5-7-10-19/h5-7,9-10,17-18,20,23H,8,11-16H2,1-4H3. The van der Waals surface area contributed by atoms with E-state index in [1.165, 1.54) is 24.8 Å². The van der Waals surface area contributed by atoms with Gasteiger partial charge in [0.05, 0.1) is 0 Å². The molecule has 1 aliphatic rings. The van der Waals surface area contributed by atoms with E-state index in [1.807, 2.05) is 13.8 Å². The molecule has 0 aliphatic heterocycles. The molecule has 2 rings (SSSR count).